The number of esters is 1. The van der Waals surface area contributed by atoms with Crippen LogP contribution in [0.25, 0.3) is 0 Å². The Morgan fingerprint density at radius 2 is 1.77 bits per heavy atom. The SMILES string of the molecule is COC(=O)[C@](O)([C@@H](Cl)C(=O)Nc1ccc(C)cc1)C(F)(F)F. The molecule has 2 N–H and O–H groups in total. The summed E-state index contributed by atoms with van der Waals surface area (Å²) in [6.07, 6.45) is -5.49. The van der Waals surface area contributed by atoms with Crippen LogP contribution in [0.15, 0.2) is 24.3 Å². The number of hydrogen-bond acceptors (Lipinski definition) is 4. The van der Waals surface area contributed by atoms with E-state index in [0.29, 0.717) is 7.11 Å². The molecule has 0 aliphatic carbocycles. The first-order chi connectivity index (χ1) is 10.0. The van der Waals surface area contributed by atoms with Gasteiger partial charge in [-0.05, 0) is 19.1 Å². The molecule has 2 atom stereocenters. The van der Waals surface area contributed by atoms with Gasteiger partial charge in [0, 0.05) is 5.69 Å². The molecule has 1 rings (SSSR count). The van der Waals surface area contributed by atoms with Gasteiger partial charge in [0.1, 0.15) is 0 Å². The molecule has 0 fully saturated rings. The molecule has 0 bridgehead atoms. The van der Waals surface area contributed by atoms with Gasteiger partial charge in [0.05, 0.1) is 7.11 Å². The molecular formula is C13H13ClF3NO4. The summed E-state index contributed by atoms with van der Waals surface area (Å²) in [7, 11) is 0.639. The molecule has 9 heteroatoms. The van der Waals surface area contributed by atoms with Gasteiger partial charge in [-0.2, -0.15) is 13.2 Å². The fourth-order valence-electron chi connectivity index (χ4n) is 1.55. The number of carbonyl (C=O) groups excluding carboxylic acids is 2. The van der Waals surface area contributed by atoms with Crippen LogP contribution in [0.5, 0.6) is 0 Å². The topological polar surface area (TPSA) is 75.6 Å². The third-order valence-electron chi connectivity index (χ3n) is 2.84. The first-order valence-electron chi connectivity index (χ1n) is 5.93. The van der Waals surface area contributed by atoms with Crippen molar-refractivity contribution in [1.82, 2.24) is 0 Å². The first kappa shape index (κ1) is 18.2. The van der Waals surface area contributed by atoms with E-state index in [1.165, 1.54) is 12.1 Å². The molecule has 22 heavy (non-hydrogen) atoms. The number of benzene rings is 1. The number of amides is 1. The van der Waals surface area contributed by atoms with E-state index in [2.05, 4.69) is 10.1 Å². The number of aryl methyl sites for hydroxylation is 1. The van der Waals surface area contributed by atoms with Crippen molar-refractivity contribution in [2.45, 2.75) is 24.1 Å². The highest BCUT2D eigenvalue weighted by Crippen LogP contribution is 2.37. The number of hydrogen-bond donors (Lipinski definition) is 2. The molecular weight excluding hydrogens is 327 g/mol. The monoisotopic (exact) mass is 339 g/mol. The third-order valence-corrected chi connectivity index (χ3v) is 3.36. The van der Waals surface area contributed by atoms with Gasteiger partial charge in [-0.15, -0.1) is 11.6 Å². The molecule has 0 heterocycles. The zero-order valence-electron chi connectivity index (χ0n) is 11.6. The van der Waals surface area contributed by atoms with E-state index in [0.717, 1.165) is 5.56 Å². The minimum Gasteiger partial charge on any atom is -0.467 e. The lowest BCUT2D eigenvalue weighted by Gasteiger charge is -2.30. The maximum atomic E-state index is 12.9. The van der Waals surface area contributed by atoms with Crippen molar-refractivity contribution in [1.29, 1.82) is 0 Å². The Morgan fingerprint density at radius 1 is 1.27 bits per heavy atom. The van der Waals surface area contributed by atoms with Crippen molar-refractivity contribution in [3.05, 3.63) is 29.8 Å². The van der Waals surface area contributed by atoms with E-state index in [4.69, 9.17) is 11.6 Å². The van der Waals surface area contributed by atoms with Gasteiger partial charge < -0.3 is 15.2 Å². The highest BCUT2D eigenvalue weighted by atomic mass is 35.5. The number of anilines is 1. The number of alkyl halides is 4. The largest absolute Gasteiger partial charge is 0.467 e. The molecule has 0 spiro atoms. The van der Waals surface area contributed by atoms with Crippen molar-refractivity contribution >= 4 is 29.2 Å². The van der Waals surface area contributed by atoms with Gasteiger partial charge >= 0.3 is 12.1 Å². The summed E-state index contributed by atoms with van der Waals surface area (Å²) < 4.78 is 42.7. The van der Waals surface area contributed by atoms with Crippen molar-refractivity contribution < 1.29 is 32.6 Å². The predicted molar refractivity (Wildman–Crippen MR) is 72.5 cm³/mol. The number of ether oxygens (including phenoxy) is 1. The Bertz CT molecular complexity index is 561. The molecule has 0 radical (unpaired) electrons. The summed E-state index contributed by atoms with van der Waals surface area (Å²) in [5, 5.41) is 9.05. The summed E-state index contributed by atoms with van der Waals surface area (Å²) >= 11 is 5.40. The Balaban J connectivity index is 3.04. The normalized spacial score (nSPS) is 15.6. The Hall–Kier alpha value is -1.80. The maximum Gasteiger partial charge on any atom is 0.430 e. The summed E-state index contributed by atoms with van der Waals surface area (Å²) in [4.78, 5) is 23.1. The zero-order chi connectivity index (χ0) is 17.1. The molecule has 0 saturated heterocycles. The van der Waals surface area contributed by atoms with Crippen LogP contribution in [-0.2, 0) is 14.3 Å². The Morgan fingerprint density at radius 3 is 2.18 bits per heavy atom. The second kappa shape index (κ2) is 6.53. The first-order valence-corrected chi connectivity index (χ1v) is 6.36. The minimum absolute atomic E-state index is 0.163. The van der Waals surface area contributed by atoms with Crippen molar-refractivity contribution in [3.63, 3.8) is 0 Å². The van der Waals surface area contributed by atoms with Crippen molar-refractivity contribution in [2.24, 2.45) is 0 Å². The average Bonchev–Trinajstić information content (AvgIpc) is 2.45. The molecule has 122 valence electrons. The number of nitrogens with one attached hydrogen (secondary N) is 1. The van der Waals surface area contributed by atoms with Gasteiger partial charge in [0.25, 0.3) is 5.60 Å². The molecule has 5 nitrogen and oxygen atoms in total. The Kier molecular flexibility index (Phi) is 5.42. The fourth-order valence-corrected chi connectivity index (χ4v) is 1.82. The summed E-state index contributed by atoms with van der Waals surface area (Å²) in [5.41, 5.74) is -3.13. The second-order valence-corrected chi connectivity index (χ2v) is 4.91. The quantitative estimate of drug-likeness (QED) is 0.650. The molecule has 1 amide bonds. The van der Waals surface area contributed by atoms with Crippen LogP contribution < -0.4 is 5.32 Å². The van der Waals surface area contributed by atoms with Crippen molar-refractivity contribution in [3.8, 4) is 0 Å². The highest BCUT2D eigenvalue weighted by molar-refractivity contribution is 6.35. The number of halogens is 4. The predicted octanol–water partition coefficient (Wildman–Crippen LogP) is 2.01. The van der Waals surface area contributed by atoms with E-state index in [1.807, 2.05) is 0 Å². The number of rotatable bonds is 4. The second-order valence-electron chi connectivity index (χ2n) is 4.47. The lowest BCUT2D eigenvalue weighted by Crippen LogP contribution is -2.62. The van der Waals surface area contributed by atoms with Crippen LogP contribution in [0.2, 0.25) is 0 Å². The van der Waals surface area contributed by atoms with Crippen LogP contribution >= 0.6 is 11.6 Å². The molecule has 0 unspecified atom stereocenters. The van der Waals surface area contributed by atoms with E-state index >= 15 is 0 Å². The average molecular weight is 340 g/mol. The highest BCUT2D eigenvalue weighted by Gasteiger charge is 2.67. The molecule has 0 saturated carbocycles. The minimum atomic E-state index is -5.49. The standard InChI is InChI=1S/C13H13ClF3NO4/c1-7-3-5-8(6-4-7)18-10(19)9(14)12(21,11(20)22-2)13(15,16)17/h3-6,9,21H,1-2H3,(H,18,19)/t9-,12+/m0/s1. The van der Waals surface area contributed by atoms with Gasteiger partial charge in [-0.1, -0.05) is 17.7 Å². The number of aliphatic hydroxyl groups is 1. The van der Waals surface area contributed by atoms with Crippen LogP contribution in [0.1, 0.15) is 5.56 Å². The number of methoxy groups -OCH3 is 1. The zero-order valence-corrected chi connectivity index (χ0v) is 12.3. The van der Waals surface area contributed by atoms with E-state index < -0.39 is 29.0 Å². The molecule has 0 aliphatic heterocycles. The molecule has 0 aromatic heterocycles. The molecule has 1 aromatic carbocycles. The van der Waals surface area contributed by atoms with Crippen LogP contribution in [0.4, 0.5) is 18.9 Å². The smallest absolute Gasteiger partial charge is 0.430 e. The van der Waals surface area contributed by atoms with Crippen LogP contribution in [0, 0.1) is 6.92 Å². The summed E-state index contributed by atoms with van der Waals surface area (Å²) in [5.74, 6) is -3.46. The van der Waals surface area contributed by atoms with Gasteiger partial charge in [-0.3, -0.25) is 4.79 Å². The lowest BCUT2D eigenvalue weighted by molar-refractivity contribution is -0.260. The van der Waals surface area contributed by atoms with E-state index in [1.54, 1.807) is 19.1 Å². The van der Waals surface area contributed by atoms with Gasteiger partial charge in [-0.25, -0.2) is 4.79 Å². The lowest BCUT2D eigenvalue weighted by atomic mass is 9.97. The van der Waals surface area contributed by atoms with Gasteiger partial charge in [0.2, 0.25) is 5.91 Å². The van der Waals surface area contributed by atoms with Crippen LogP contribution in [-0.4, -0.2) is 41.2 Å². The Labute approximate surface area is 129 Å². The fraction of sp³-hybridized carbons (Fsp3) is 0.385. The third kappa shape index (κ3) is 3.50. The molecule has 0 aliphatic rings. The summed E-state index contributed by atoms with van der Waals surface area (Å²) in [6.45, 7) is 1.77. The maximum absolute atomic E-state index is 12.9. The van der Waals surface area contributed by atoms with Crippen LogP contribution in [0.3, 0.4) is 0 Å². The van der Waals surface area contributed by atoms with Crippen molar-refractivity contribution in [2.75, 3.05) is 12.4 Å². The summed E-state index contributed by atoms with van der Waals surface area (Å²) in [6, 6.07) is 6.08. The van der Waals surface area contributed by atoms with Gasteiger partial charge in [0.15, 0.2) is 5.38 Å². The number of carbonyl (C=O) groups is 2. The van der Waals surface area contributed by atoms with E-state index in [-0.39, 0.29) is 5.69 Å². The molecule has 1 aromatic rings. The van der Waals surface area contributed by atoms with E-state index in [9.17, 15) is 27.9 Å².